The number of hydrogen-bond acceptors (Lipinski definition) is 4. The molecule has 1 saturated carbocycles. The number of carbonyl (C=O) groups excluding carboxylic acids is 1. The Labute approximate surface area is 163 Å². The topological polar surface area (TPSA) is 61.6 Å². The highest BCUT2D eigenvalue weighted by molar-refractivity contribution is 5.94. The lowest BCUT2D eigenvalue weighted by Gasteiger charge is -2.32. The van der Waals surface area contributed by atoms with Gasteiger partial charge in [-0.3, -0.25) is 9.69 Å². The van der Waals surface area contributed by atoms with Crippen LogP contribution in [0, 0.1) is 5.92 Å². The van der Waals surface area contributed by atoms with Gasteiger partial charge in [0.2, 0.25) is 0 Å². The van der Waals surface area contributed by atoms with Crippen molar-refractivity contribution in [2.45, 2.75) is 25.4 Å². The number of nitrogens with one attached hydrogen (secondary N) is 1. The van der Waals surface area contributed by atoms with Crippen LogP contribution in [0.5, 0.6) is 0 Å². The second-order valence-electron chi connectivity index (χ2n) is 6.93. The SMILES string of the molecule is CN1CCN(Cc2cccc(C(=O)NC(CN)C3CC3)c2)CC1.Cl.Cl. The van der Waals surface area contributed by atoms with Gasteiger partial charge in [0, 0.05) is 50.9 Å². The van der Waals surface area contributed by atoms with Crippen molar-refractivity contribution in [1.29, 1.82) is 0 Å². The maximum absolute atomic E-state index is 12.4. The highest BCUT2D eigenvalue weighted by atomic mass is 35.5. The van der Waals surface area contributed by atoms with Crippen LogP contribution in [0.1, 0.15) is 28.8 Å². The molecule has 1 atom stereocenters. The van der Waals surface area contributed by atoms with E-state index in [2.05, 4.69) is 28.2 Å². The van der Waals surface area contributed by atoms with Crippen LogP contribution in [0.25, 0.3) is 0 Å². The Balaban J connectivity index is 0.00000156. The third kappa shape index (κ3) is 6.42. The van der Waals surface area contributed by atoms with Crippen molar-refractivity contribution < 1.29 is 4.79 Å². The smallest absolute Gasteiger partial charge is 0.251 e. The number of rotatable bonds is 6. The van der Waals surface area contributed by atoms with Gasteiger partial charge in [-0.15, -0.1) is 24.8 Å². The van der Waals surface area contributed by atoms with Gasteiger partial charge < -0.3 is 16.0 Å². The summed E-state index contributed by atoms with van der Waals surface area (Å²) in [5.41, 5.74) is 7.73. The molecule has 1 heterocycles. The van der Waals surface area contributed by atoms with Crippen molar-refractivity contribution in [3.05, 3.63) is 35.4 Å². The Hall–Kier alpha value is -0.850. The van der Waals surface area contributed by atoms with Gasteiger partial charge in [-0.05, 0) is 43.5 Å². The van der Waals surface area contributed by atoms with Gasteiger partial charge in [0.15, 0.2) is 0 Å². The highest BCUT2D eigenvalue weighted by Gasteiger charge is 2.31. The maximum atomic E-state index is 12.4. The number of amides is 1. The summed E-state index contributed by atoms with van der Waals surface area (Å²) in [5, 5.41) is 3.10. The van der Waals surface area contributed by atoms with Gasteiger partial charge in [-0.1, -0.05) is 12.1 Å². The average molecular weight is 389 g/mol. The van der Waals surface area contributed by atoms with E-state index in [4.69, 9.17) is 5.73 Å². The van der Waals surface area contributed by atoms with Crippen LogP contribution < -0.4 is 11.1 Å². The molecule has 1 amide bonds. The number of halogens is 2. The fourth-order valence-corrected chi connectivity index (χ4v) is 3.19. The van der Waals surface area contributed by atoms with Gasteiger partial charge >= 0.3 is 0 Å². The minimum atomic E-state index is 0. The zero-order valence-corrected chi connectivity index (χ0v) is 16.5. The summed E-state index contributed by atoms with van der Waals surface area (Å²) < 4.78 is 0. The quantitative estimate of drug-likeness (QED) is 0.778. The molecular weight excluding hydrogens is 359 g/mol. The van der Waals surface area contributed by atoms with E-state index in [0.29, 0.717) is 12.5 Å². The monoisotopic (exact) mass is 388 g/mol. The largest absolute Gasteiger partial charge is 0.348 e. The normalized spacial score (nSPS) is 19.4. The molecular formula is C18H30Cl2N4O. The molecule has 5 nitrogen and oxygen atoms in total. The van der Waals surface area contributed by atoms with Crippen molar-refractivity contribution >= 4 is 30.7 Å². The molecule has 0 aromatic heterocycles. The van der Waals surface area contributed by atoms with E-state index in [1.54, 1.807) is 0 Å². The van der Waals surface area contributed by atoms with E-state index in [9.17, 15) is 4.79 Å². The van der Waals surface area contributed by atoms with Gasteiger partial charge in [0.1, 0.15) is 0 Å². The molecule has 7 heteroatoms. The standard InChI is InChI=1S/C18H28N4O.2ClH/c1-21-7-9-22(10-8-21)13-14-3-2-4-16(11-14)18(23)20-17(12-19)15-5-6-15;;/h2-4,11,15,17H,5-10,12-13,19H2,1H3,(H,20,23);2*1H. The van der Waals surface area contributed by atoms with E-state index in [-0.39, 0.29) is 36.8 Å². The van der Waals surface area contributed by atoms with E-state index >= 15 is 0 Å². The Morgan fingerprint density at radius 2 is 1.92 bits per heavy atom. The summed E-state index contributed by atoms with van der Waals surface area (Å²) in [6.07, 6.45) is 2.37. The van der Waals surface area contributed by atoms with Crippen LogP contribution >= 0.6 is 24.8 Å². The summed E-state index contributed by atoms with van der Waals surface area (Å²) in [6, 6.07) is 8.13. The molecule has 1 aromatic carbocycles. The van der Waals surface area contributed by atoms with Crippen LogP contribution in [0.3, 0.4) is 0 Å². The van der Waals surface area contributed by atoms with Crippen LogP contribution in [0.2, 0.25) is 0 Å². The van der Waals surface area contributed by atoms with Gasteiger partial charge in [0.05, 0.1) is 0 Å². The molecule has 0 bridgehead atoms. The third-order valence-electron chi connectivity index (χ3n) is 4.95. The van der Waals surface area contributed by atoms with Gasteiger partial charge in [-0.25, -0.2) is 0 Å². The Morgan fingerprint density at radius 1 is 1.24 bits per heavy atom. The van der Waals surface area contributed by atoms with Crippen LogP contribution in [0.15, 0.2) is 24.3 Å². The summed E-state index contributed by atoms with van der Waals surface area (Å²) in [4.78, 5) is 17.2. The number of nitrogens with two attached hydrogens (primary N) is 1. The number of hydrogen-bond donors (Lipinski definition) is 2. The fraction of sp³-hybridized carbons (Fsp3) is 0.611. The van der Waals surface area contributed by atoms with E-state index in [1.165, 1.54) is 18.4 Å². The molecule has 3 N–H and O–H groups in total. The molecule has 2 fully saturated rings. The number of likely N-dealkylation sites (N-methyl/N-ethyl adjacent to an activating group) is 1. The molecule has 0 radical (unpaired) electrons. The molecule has 1 saturated heterocycles. The predicted octanol–water partition coefficient (Wildman–Crippen LogP) is 1.74. The minimum absolute atomic E-state index is 0. The second-order valence-corrected chi connectivity index (χ2v) is 6.93. The molecule has 3 rings (SSSR count). The van der Waals surface area contributed by atoms with Crippen molar-refractivity contribution in [1.82, 2.24) is 15.1 Å². The number of nitrogens with zero attached hydrogens (tertiary/aromatic N) is 2. The third-order valence-corrected chi connectivity index (χ3v) is 4.95. The fourth-order valence-electron chi connectivity index (χ4n) is 3.19. The predicted molar refractivity (Wildman–Crippen MR) is 107 cm³/mol. The Morgan fingerprint density at radius 3 is 2.52 bits per heavy atom. The van der Waals surface area contributed by atoms with Gasteiger partial charge in [-0.2, -0.15) is 0 Å². The minimum Gasteiger partial charge on any atom is -0.348 e. The molecule has 2 aliphatic rings. The zero-order chi connectivity index (χ0) is 16.2. The molecule has 1 aliphatic heterocycles. The molecule has 1 aromatic rings. The molecule has 1 aliphatic carbocycles. The van der Waals surface area contributed by atoms with Crippen molar-refractivity contribution in [3.63, 3.8) is 0 Å². The lowest BCUT2D eigenvalue weighted by Crippen LogP contribution is -2.44. The first-order valence-electron chi connectivity index (χ1n) is 8.66. The van der Waals surface area contributed by atoms with Crippen LogP contribution in [-0.2, 0) is 6.54 Å². The number of benzene rings is 1. The first kappa shape index (κ1) is 22.2. The lowest BCUT2D eigenvalue weighted by molar-refractivity contribution is 0.0933. The molecule has 25 heavy (non-hydrogen) atoms. The number of carbonyl (C=O) groups is 1. The summed E-state index contributed by atoms with van der Waals surface area (Å²) in [5.74, 6) is 0.588. The zero-order valence-electron chi connectivity index (χ0n) is 14.8. The summed E-state index contributed by atoms with van der Waals surface area (Å²) >= 11 is 0. The highest BCUT2D eigenvalue weighted by Crippen LogP contribution is 2.32. The van der Waals surface area contributed by atoms with Gasteiger partial charge in [0.25, 0.3) is 5.91 Å². The maximum Gasteiger partial charge on any atom is 0.251 e. The Bertz CT molecular complexity index is 546. The van der Waals surface area contributed by atoms with Crippen LogP contribution in [-0.4, -0.2) is 61.5 Å². The van der Waals surface area contributed by atoms with E-state index in [1.807, 2.05) is 18.2 Å². The summed E-state index contributed by atoms with van der Waals surface area (Å²) in [6.45, 7) is 5.84. The first-order chi connectivity index (χ1) is 11.2. The van der Waals surface area contributed by atoms with E-state index in [0.717, 1.165) is 38.3 Å². The first-order valence-corrected chi connectivity index (χ1v) is 8.66. The molecule has 0 spiro atoms. The number of piperazine rings is 1. The lowest BCUT2D eigenvalue weighted by atomic mass is 10.1. The van der Waals surface area contributed by atoms with Crippen molar-refractivity contribution in [2.75, 3.05) is 39.8 Å². The second kappa shape index (κ2) is 10.3. The molecule has 1 unspecified atom stereocenters. The van der Waals surface area contributed by atoms with E-state index < -0.39 is 0 Å². The summed E-state index contributed by atoms with van der Waals surface area (Å²) in [7, 11) is 2.16. The average Bonchev–Trinajstić information content (AvgIpc) is 3.40. The van der Waals surface area contributed by atoms with Crippen LogP contribution in [0.4, 0.5) is 0 Å². The van der Waals surface area contributed by atoms with Crippen molar-refractivity contribution in [2.24, 2.45) is 11.7 Å². The van der Waals surface area contributed by atoms with Crippen molar-refractivity contribution in [3.8, 4) is 0 Å². The Kier molecular flexibility index (Phi) is 9.17. The molecule has 142 valence electrons.